The molecule has 1 unspecified atom stereocenters. The Kier molecular flexibility index (Phi) is 3.78. The number of carbonyl (C=O) groups is 1. The summed E-state index contributed by atoms with van der Waals surface area (Å²) in [7, 11) is 0. The van der Waals surface area contributed by atoms with Crippen molar-refractivity contribution in [3.05, 3.63) is 52.8 Å². The third-order valence-electron chi connectivity index (χ3n) is 4.42. The topological polar surface area (TPSA) is 49.0 Å². The highest BCUT2D eigenvalue weighted by Crippen LogP contribution is 2.26. The molecule has 110 valence electrons. The maximum Gasteiger partial charge on any atom is 0.253 e. The lowest BCUT2D eigenvalue weighted by atomic mass is 9.94. The van der Waals surface area contributed by atoms with E-state index in [4.69, 9.17) is 0 Å². The van der Waals surface area contributed by atoms with Crippen LogP contribution in [-0.4, -0.2) is 34.1 Å². The van der Waals surface area contributed by atoms with Crippen LogP contribution in [0.4, 0.5) is 0 Å². The minimum Gasteiger partial charge on any atom is -0.338 e. The zero-order chi connectivity index (χ0) is 14.8. The van der Waals surface area contributed by atoms with Crippen molar-refractivity contribution in [3.63, 3.8) is 0 Å². The molecule has 1 atom stereocenters. The van der Waals surface area contributed by atoms with Gasteiger partial charge in [0.05, 0.1) is 0 Å². The second-order valence-electron chi connectivity index (χ2n) is 5.90. The smallest absolute Gasteiger partial charge is 0.253 e. The molecule has 1 aliphatic rings. The molecule has 1 fully saturated rings. The van der Waals surface area contributed by atoms with Gasteiger partial charge in [-0.05, 0) is 56.0 Å². The number of carbonyl (C=O) groups excluding carboxylic acids is 1. The van der Waals surface area contributed by atoms with E-state index in [1.54, 1.807) is 6.20 Å². The number of benzene rings is 1. The molecule has 0 bridgehead atoms. The van der Waals surface area contributed by atoms with Crippen LogP contribution in [-0.2, 0) is 0 Å². The quantitative estimate of drug-likeness (QED) is 0.921. The van der Waals surface area contributed by atoms with Crippen molar-refractivity contribution in [1.29, 1.82) is 0 Å². The Morgan fingerprint density at radius 3 is 2.86 bits per heavy atom. The number of nitrogens with one attached hydrogen (secondary N) is 1. The van der Waals surface area contributed by atoms with Crippen LogP contribution in [0.1, 0.15) is 45.9 Å². The summed E-state index contributed by atoms with van der Waals surface area (Å²) < 4.78 is 0. The monoisotopic (exact) mass is 283 g/mol. The second kappa shape index (κ2) is 5.72. The van der Waals surface area contributed by atoms with E-state index in [0.717, 1.165) is 37.2 Å². The largest absolute Gasteiger partial charge is 0.338 e. The molecule has 1 amide bonds. The number of aromatic amines is 1. The first-order valence-electron chi connectivity index (χ1n) is 7.51. The number of amides is 1. The molecular formula is C17H21N3O. The van der Waals surface area contributed by atoms with E-state index in [0.29, 0.717) is 5.92 Å². The number of hydrogen-bond donors (Lipinski definition) is 1. The molecule has 2 aromatic rings. The minimum atomic E-state index is 0.141. The van der Waals surface area contributed by atoms with Crippen molar-refractivity contribution in [3.8, 4) is 0 Å². The van der Waals surface area contributed by atoms with Crippen molar-refractivity contribution in [2.75, 3.05) is 13.1 Å². The lowest BCUT2D eigenvalue weighted by Crippen LogP contribution is -2.39. The maximum atomic E-state index is 12.7. The molecule has 1 N–H and O–H groups in total. The number of rotatable bonds is 2. The third kappa shape index (κ3) is 2.84. The van der Waals surface area contributed by atoms with Gasteiger partial charge in [0.15, 0.2) is 0 Å². The Balaban J connectivity index is 1.76. The molecule has 1 aliphatic heterocycles. The van der Waals surface area contributed by atoms with E-state index in [1.807, 2.05) is 29.2 Å². The SMILES string of the molecule is Cc1ccc(C(=O)N2CCCC(c3ccn[nH]3)C2)cc1C. The highest BCUT2D eigenvalue weighted by Gasteiger charge is 2.26. The molecule has 4 nitrogen and oxygen atoms in total. The standard InChI is InChI=1S/C17H21N3O/c1-12-5-6-14(10-13(12)2)17(21)20-9-3-4-15(11-20)16-7-8-18-19-16/h5-8,10,15H,3-4,9,11H2,1-2H3,(H,18,19). The van der Waals surface area contributed by atoms with Crippen LogP contribution >= 0.6 is 0 Å². The van der Waals surface area contributed by atoms with Crippen molar-refractivity contribution in [1.82, 2.24) is 15.1 Å². The molecule has 21 heavy (non-hydrogen) atoms. The van der Waals surface area contributed by atoms with Gasteiger partial charge in [0.1, 0.15) is 0 Å². The zero-order valence-corrected chi connectivity index (χ0v) is 12.6. The summed E-state index contributed by atoms with van der Waals surface area (Å²) in [4.78, 5) is 14.6. The van der Waals surface area contributed by atoms with Gasteiger partial charge in [0.2, 0.25) is 0 Å². The molecular weight excluding hydrogens is 262 g/mol. The summed E-state index contributed by atoms with van der Waals surface area (Å²) in [6.07, 6.45) is 3.93. The third-order valence-corrected chi connectivity index (χ3v) is 4.42. The Morgan fingerprint density at radius 2 is 2.14 bits per heavy atom. The predicted octanol–water partition coefficient (Wildman–Crippen LogP) is 3.05. The van der Waals surface area contributed by atoms with Crippen LogP contribution in [0.3, 0.4) is 0 Å². The molecule has 0 spiro atoms. The van der Waals surface area contributed by atoms with E-state index in [9.17, 15) is 4.79 Å². The van der Waals surface area contributed by atoms with E-state index in [-0.39, 0.29) is 5.91 Å². The molecule has 2 heterocycles. The average Bonchev–Trinajstić information content (AvgIpc) is 3.04. The van der Waals surface area contributed by atoms with Gasteiger partial charge in [-0.3, -0.25) is 9.89 Å². The first-order valence-corrected chi connectivity index (χ1v) is 7.51. The van der Waals surface area contributed by atoms with Crippen LogP contribution in [0.2, 0.25) is 0 Å². The van der Waals surface area contributed by atoms with Crippen molar-refractivity contribution in [2.24, 2.45) is 0 Å². The summed E-state index contributed by atoms with van der Waals surface area (Å²) in [6.45, 7) is 5.73. The predicted molar refractivity (Wildman–Crippen MR) is 82.4 cm³/mol. The molecule has 1 aromatic carbocycles. The number of H-pyrrole nitrogens is 1. The van der Waals surface area contributed by atoms with Gasteiger partial charge < -0.3 is 4.90 Å². The van der Waals surface area contributed by atoms with Crippen LogP contribution in [0.15, 0.2) is 30.5 Å². The van der Waals surface area contributed by atoms with E-state index >= 15 is 0 Å². The average molecular weight is 283 g/mol. The number of aromatic nitrogens is 2. The lowest BCUT2D eigenvalue weighted by molar-refractivity contribution is 0.0706. The van der Waals surface area contributed by atoms with Gasteiger partial charge in [-0.25, -0.2) is 0 Å². The van der Waals surface area contributed by atoms with Gasteiger partial charge in [-0.1, -0.05) is 6.07 Å². The summed E-state index contributed by atoms with van der Waals surface area (Å²) >= 11 is 0. The highest BCUT2D eigenvalue weighted by molar-refractivity contribution is 5.94. The Morgan fingerprint density at radius 1 is 1.29 bits per heavy atom. The molecule has 0 radical (unpaired) electrons. The number of hydrogen-bond acceptors (Lipinski definition) is 2. The van der Waals surface area contributed by atoms with Crippen molar-refractivity contribution in [2.45, 2.75) is 32.6 Å². The van der Waals surface area contributed by atoms with E-state index in [2.05, 4.69) is 24.0 Å². The fourth-order valence-corrected chi connectivity index (χ4v) is 2.97. The molecule has 0 saturated carbocycles. The van der Waals surface area contributed by atoms with Crippen LogP contribution < -0.4 is 0 Å². The first kappa shape index (κ1) is 13.9. The van der Waals surface area contributed by atoms with Crippen LogP contribution in [0.5, 0.6) is 0 Å². The number of piperidine rings is 1. The summed E-state index contributed by atoms with van der Waals surface area (Å²) in [6, 6.07) is 7.97. The minimum absolute atomic E-state index is 0.141. The van der Waals surface area contributed by atoms with Crippen molar-refractivity contribution < 1.29 is 4.79 Å². The second-order valence-corrected chi connectivity index (χ2v) is 5.90. The fraction of sp³-hybridized carbons (Fsp3) is 0.412. The van der Waals surface area contributed by atoms with Gasteiger partial charge in [-0.15, -0.1) is 0 Å². The molecule has 0 aliphatic carbocycles. The fourth-order valence-electron chi connectivity index (χ4n) is 2.97. The lowest BCUT2D eigenvalue weighted by Gasteiger charge is -2.32. The molecule has 1 aromatic heterocycles. The Bertz CT molecular complexity index is 633. The normalized spacial score (nSPS) is 18.8. The zero-order valence-electron chi connectivity index (χ0n) is 12.6. The van der Waals surface area contributed by atoms with Gasteiger partial charge in [0.25, 0.3) is 5.91 Å². The molecule has 3 rings (SSSR count). The number of likely N-dealkylation sites (tertiary alicyclic amines) is 1. The van der Waals surface area contributed by atoms with Gasteiger partial charge >= 0.3 is 0 Å². The van der Waals surface area contributed by atoms with Crippen LogP contribution in [0, 0.1) is 13.8 Å². The van der Waals surface area contributed by atoms with E-state index in [1.165, 1.54) is 11.1 Å². The van der Waals surface area contributed by atoms with Gasteiger partial charge in [0, 0.05) is 36.5 Å². The molecule has 1 saturated heterocycles. The number of nitrogens with zero attached hydrogens (tertiary/aromatic N) is 2. The Labute approximate surface area is 125 Å². The van der Waals surface area contributed by atoms with Gasteiger partial charge in [-0.2, -0.15) is 5.10 Å². The van der Waals surface area contributed by atoms with Crippen molar-refractivity contribution >= 4 is 5.91 Å². The molecule has 4 heteroatoms. The summed E-state index contributed by atoms with van der Waals surface area (Å²) in [5.41, 5.74) is 4.32. The first-order chi connectivity index (χ1) is 10.1. The van der Waals surface area contributed by atoms with Crippen LogP contribution in [0.25, 0.3) is 0 Å². The maximum absolute atomic E-state index is 12.7. The van der Waals surface area contributed by atoms with E-state index < -0.39 is 0 Å². The Hall–Kier alpha value is -2.10. The summed E-state index contributed by atoms with van der Waals surface area (Å²) in [5, 5.41) is 7.05. The summed E-state index contributed by atoms with van der Waals surface area (Å²) in [5.74, 6) is 0.513. The highest BCUT2D eigenvalue weighted by atomic mass is 16.2. The number of aryl methyl sites for hydroxylation is 2.